The second-order valence-corrected chi connectivity index (χ2v) is 6.99. The van der Waals surface area contributed by atoms with Gasteiger partial charge in [-0.3, -0.25) is 4.79 Å². The molecule has 5 nitrogen and oxygen atoms in total. The van der Waals surface area contributed by atoms with Crippen LogP contribution in [0.4, 0.5) is 4.39 Å². The average Bonchev–Trinajstić information content (AvgIpc) is 3.27. The fourth-order valence-corrected chi connectivity index (χ4v) is 3.31. The van der Waals surface area contributed by atoms with Gasteiger partial charge >= 0.3 is 0 Å². The summed E-state index contributed by atoms with van der Waals surface area (Å²) in [4.78, 5) is 12.6. The van der Waals surface area contributed by atoms with Crippen LogP contribution < -0.4 is 9.47 Å². The number of nitrogens with zero attached hydrogens (tertiary/aromatic N) is 2. The summed E-state index contributed by atoms with van der Waals surface area (Å²) in [5.74, 6) is 0.583. The summed E-state index contributed by atoms with van der Waals surface area (Å²) < 4.78 is 25.7. The molecule has 1 aromatic heterocycles. The molecule has 0 aliphatic carbocycles. The average molecular weight is 428 g/mol. The van der Waals surface area contributed by atoms with Crippen LogP contribution in [-0.4, -0.2) is 29.8 Å². The third-order valence-corrected chi connectivity index (χ3v) is 4.96. The zero-order valence-electron chi connectivity index (χ0n) is 17.7. The number of aromatic nitrogens is 2. The normalized spacial score (nSPS) is 11.0. The van der Waals surface area contributed by atoms with Crippen molar-refractivity contribution < 1.29 is 18.7 Å². The highest BCUT2D eigenvalue weighted by Gasteiger charge is 2.14. The summed E-state index contributed by atoms with van der Waals surface area (Å²) in [6.45, 7) is 0. The number of carbonyl (C=O) groups is 1. The van der Waals surface area contributed by atoms with Crippen LogP contribution in [0.25, 0.3) is 23.0 Å². The molecule has 160 valence electrons. The first kappa shape index (κ1) is 21.1. The van der Waals surface area contributed by atoms with E-state index in [4.69, 9.17) is 14.6 Å². The Hall–Kier alpha value is -4.19. The maximum Gasteiger partial charge on any atom is 0.185 e. The fraction of sp³-hybridized carbons (Fsp3) is 0.0769. The number of carbonyl (C=O) groups excluding carboxylic acids is 1. The highest BCUT2D eigenvalue weighted by molar-refractivity contribution is 6.07. The van der Waals surface area contributed by atoms with Crippen molar-refractivity contribution in [3.05, 3.63) is 102 Å². The van der Waals surface area contributed by atoms with Crippen LogP contribution in [0.15, 0.2) is 85.1 Å². The molecule has 0 atom stereocenters. The molecule has 0 saturated carbocycles. The van der Waals surface area contributed by atoms with Crippen LogP contribution in [0.3, 0.4) is 0 Å². The minimum absolute atomic E-state index is 0.226. The predicted octanol–water partition coefficient (Wildman–Crippen LogP) is 5.59. The monoisotopic (exact) mass is 428 g/mol. The second kappa shape index (κ2) is 9.31. The zero-order valence-corrected chi connectivity index (χ0v) is 17.7. The third kappa shape index (κ3) is 4.44. The predicted molar refractivity (Wildman–Crippen MR) is 122 cm³/mol. The summed E-state index contributed by atoms with van der Waals surface area (Å²) in [5.41, 5.74) is 3.53. The van der Waals surface area contributed by atoms with Crippen molar-refractivity contribution in [2.45, 2.75) is 0 Å². The van der Waals surface area contributed by atoms with Gasteiger partial charge in [-0.05, 0) is 66.7 Å². The van der Waals surface area contributed by atoms with Gasteiger partial charge in [-0.15, -0.1) is 0 Å². The van der Waals surface area contributed by atoms with Crippen molar-refractivity contribution in [3.63, 3.8) is 0 Å². The van der Waals surface area contributed by atoms with E-state index in [1.807, 2.05) is 54.7 Å². The van der Waals surface area contributed by atoms with Crippen molar-refractivity contribution >= 4 is 11.9 Å². The number of hydrogen-bond donors (Lipinski definition) is 0. The van der Waals surface area contributed by atoms with Crippen LogP contribution in [0.2, 0.25) is 0 Å². The number of allylic oxidation sites excluding steroid dienone is 1. The Morgan fingerprint density at radius 3 is 2.34 bits per heavy atom. The maximum atomic E-state index is 13.2. The van der Waals surface area contributed by atoms with Gasteiger partial charge in [-0.1, -0.05) is 18.2 Å². The molecule has 0 radical (unpaired) electrons. The van der Waals surface area contributed by atoms with Crippen molar-refractivity contribution in [2.24, 2.45) is 0 Å². The van der Waals surface area contributed by atoms with Crippen LogP contribution in [0.5, 0.6) is 11.5 Å². The molecule has 3 aromatic carbocycles. The highest BCUT2D eigenvalue weighted by atomic mass is 19.1. The molecule has 0 aliphatic rings. The zero-order chi connectivity index (χ0) is 22.5. The van der Waals surface area contributed by atoms with E-state index in [0.29, 0.717) is 22.8 Å². The molecule has 0 saturated heterocycles. The summed E-state index contributed by atoms with van der Waals surface area (Å²) in [6.07, 6.45) is 5.03. The lowest BCUT2D eigenvalue weighted by Gasteiger charge is -2.09. The van der Waals surface area contributed by atoms with Gasteiger partial charge in [-0.2, -0.15) is 5.10 Å². The lowest BCUT2D eigenvalue weighted by atomic mass is 10.1. The van der Waals surface area contributed by atoms with Crippen molar-refractivity contribution in [1.29, 1.82) is 0 Å². The van der Waals surface area contributed by atoms with E-state index in [0.717, 1.165) is 16.8 Å². The molecule has 0 amide bonds. The standard InChI is InChI=1S/C26H21FN2O3/c1-31-24-15-11-19(16-25(24)32-2)26-20(17-29(28-26)22-6-4-3-5-7-22)10-14-23(30)18-8-12-21(27)13-9-18/h3-17H,1-2H3/b14-10+. The minimum atomic E-state index is -0.384. The summed E-state index contributed by atoms with van der Waals surface area (Å²) in [6, 6.07) is 20.7. The molecule has 0 unspecified atom stereocenters. The lowest BCUT2D eigenvalue weighted by molar-refractivity contribution is 0.104. The summed E-state index contributed by atoms with van der Waals surface area (Å²) in [7, 11) is 3.16. The molecule has 4 rings (SSSR count). The number of ether oxygens (including phenoxy) is 2. The van der Waals surface area contributed by atoms with Gasteiger partial charge in [-0.25, -0.2) is 9.07 Å². The van der Waals surface area contributed by atoms with Gasteiger partial charge in [0.15, 0.2) is 17.3 Å². The summed E-state index contributed by atoms with van der Waals surface area (Å²) in [5, 5.41) is 4.75. The number of hydrogen-bond acceptors (Lipinski definition) is 4. The lowest BCUT2D eigenvalue weighted by Crippen LogP contribution is -1.95. The Kier molecular flexibility index (Phi) is 6.12. The van der Waals surface area contributed by atoms with Crippen molar-refractivity contribution in [3.8, 4) is 28.4 Å². The van der Waals surface area contributed by atoms with Gasteiger partial charge in [0.2, 0.25) is 0 Å². The Labute approximate surface area is 185 Å². The topological polar surface area (TPSA) is 53.4 Å². The van der Waals surface area contributed by atoms with Gasteiger partial charge in [0.1, 0.15) is 11.5 Å². The molecule has 1 heterocycles. The van der Waals surface area contributed by atoms with Crippen LogP contribution >= 0.6 is 0 Å². The van der Waals surface area contributed by atoms with Crippen LogP contribution in [0.1, 0.15) is 15.9 Å². The quantitative estimate of drug-likeness (QED) is 0.284. The molecule has 0 N–H and O–H groups in total. The van der Waals surface area contributed by atoms with E-state index in [9.17, 15) is 9.18 Å². The number of rotatable bonds is 7. The first-order valence-corrected chi connectivity index (χ1v) is 9.94. The van der Waals surface area contributed by atoms with Crippen LogP contribution in [0, 0.1) is 5.82 Å². The van der Waals surface area contributed by atoms with Gasteiger partial charge in [0.05, 0.1) is 19.9 Å². The number of benzene rings is 3. The minimum Gasteiger partial charge on any atom is -0.493 e. The van der Waals surface area contributed by atoms with Gasteiger partial charge in [0.25, 0.3) is 0 Å². The number of ketones is 1. The third-order valence-electron chi connectivity index (χ3n) is 4.96. The van der Waals surface area contributed by atoms with Gasteiger partial charge in [0, 0.05) is 22.9 Å². The fourth-order valence-electron chi connectivity index (χ4n) is 3.31. The Morgan fingerprint density at radius 2 is 1.66 bits per heavy atom. The van der Waals surface area contributed by atoms with E-state index < -0.39 is 0 Å². The molecular formula is C26H21FN2O3. The largest absolute Gasteiger partial charge is 0.493 e. The highest BCUT2D eigenvalue weighted by Crippen LogP contribution is 2.33. The molecular weight excluding hydrogens is 407 g/mol. The Bertz CT molecular complexity index is 1260. The molecule has 0 aliphatic heterocycles. The number of para-hydroxylation sites is 1. The van der Waals surface area contributed by atoms with Crippen LogP contribution in [-0.2, 0) is 0 Å². The van der Waals surface area contributed by atoms with E-state index >= 15 is 0 Å². The first-order valence-electron chi connectivity index (χ1n) is 9.94. The molecule has 4 aromatic rings. The van der Waals surface area contributed by atoms with E-state index in [1.54, 1.807) is 25.0 Å². The van der Waals surface area contributed by atoms with E-state index in [-0.39, 0.29) is 11.6 Å². The number of methoxy groups -OCH3 is 2. The molecule has 32 heavy (non-hydrogen) atoms. The molecule has 0 fully saturated rings. The molecule has 0 bridgehead atoms. The smallest absolute Gasteiger partial charge is 0.185 e. The second-order valence-electron chi connectivity index (χ2n) is 6.99. The van der Waals surface area contributed by atoms with Crippen molar-refractivity contribution in [1.82, 2.24) is 9.78 Å². The SMILES string of the molecule is COc1ccc(-c2nn(-c3ccccc3)cc2/C=C/C(=O)c2ccc(F)cc2)cc1OC. The molecule has 6 heteroatoms. The molecule has 0 spiro atoms. The maximum absolute atomic E-state index is 13.2. The number of halogens is 1. The van der Waals surface area contributed by atoms with E-state index in [2.05, 4.69) is 0 Å². The Morgan fingerprint density at radius 1 is 0.938 bits per heavy atom. The van der Waals surface area contributed by atoms with E-state index in [1.165, 1.54) is 30.3 Å². The summed E-state index contributed by atoms with van der Waals surface area (Å²) >= 11 is 0. The Balaban J connectivity index is 1.76. The van der Waals surface area contributed by atoms with Crippen molar-refractivity contribution in [2.75, 3.05) is 14.2 Å². The van der Waals surface area contributed by atoms with Gasteiger partial charge < -0.3 is 9.47 Å². The first-order chi connectivity index (χ1) is 15.6.